The van der Waals surface area contributed by atoms with E-state index in [-0.39, 0.29) is 18.3 Å². The third kappa shape index (κ3) is 4.02. The van der Waals surface area contributed by atoms with Gasteiger partial charge in [0, 0.05) is 12.8 Å². The molecule has 8 heteroatoms. The van der Waals surface area contributed by atoms with Gasteiger partial charge in [-0.05, 0) is 24.3 Å². The van der Waals surface area contributed by atoms with Gasteiger partial charge in [-0.1, -0.05) is 24.3 Å². The number of amides is 3. The van der Waals surface area contributed by atoms with E-state index in [0.717, 1.165) is 39.5 Å². The van der Waals surface area contributed by atoms with Gasteiger partial charge in [-0.2, -0.15) is 0 Å². The van der Waals surface area contributed by atoms with Gasteiger partial charge in [-0.25, -0.2) is 14.2 Å². The third-order valence-corrected chi connectivity index (χ3v) is 6.00. The minimum atomic E-state index is -0.731. The van der Waals surface area contributed by atoms with Crippen molar-refractivity contribution in [2.24, 2.45) is 0 Å². The molecule has 3 aromatic rings. The molecule has 28 heavy (non-hydrogen) atoms. The molecule has 0 spiro atoms. The van der Waals surface area contributed by atoms with E-state index in [2.05, 4.69) is 10.6 Å². The molecule has 1 aliphatic rings. The first kappa shape index (κ1) is 18.5. The van der Waals surface area contributed by atoms with E-state index in [1.165, 1.54) is 18.2 Å². The molecule has 3 N–H and O–H groups in total. The molecule has 0 bridgehead atoms. The number of quaternary nitrogens is 1. The van der Waals surface area contributed by atoms with Crippen LogP contribution in [0.4, 0.5) is 14.9 Å². The number of hydrogen-bond donors (Lipinski definition) is 3. The lowest BCUT2D eigenvalue weighted by Gasteiger charge is -2.19. The van der Waals surface area contributed by atoms with Crippen molar-refractivity contribution in [3.8, 4) is 0 Å². The number of fused-ring (bicyclic) bond motifs is 1. The predicted octanol–water partition coefficient (Wildman–Crippen LogP) is 2.50. The smallest absolute Gasteiger partial charge is 0.319 e. The van der Waals surface area contributed by atoms with Gasteiger partial charge < -0.3 is 10.2 Å². The summed E-state index contributed by atoms with van der Waals surface area (Å²) in [6.45, 7) is 1.02. The van der Waals surface area contributed by atoms with Crippen molar-refractivity contribution in [2.45, 2.75) is 18.9 Å². The lowest BCUT2D eigenvalue weighted by Crippen LogP contribution is -3.11. The lowest BCUT2D eigenvalue weighted by molar-refractivity contribution is -0.910. The molecule has 2 heterocycles. The van der Waals surface area contributed by atoms with Gasteiger partial charge in [0.2, 0.25) is 0 Å². The fourth-order valence-electron chi connectivity index (χ4n) is 3.55. The Morgan fingerprint density at radius 1 is 1.18 bits per heavy atom. The van der Waals surface area contributed by atoms with Crippen molar-refractivity contribution >= 4 is 39.2 Å². The highest BCUT2D eigenvalue weighted by atomic mass is 32.1. The number of para-hydroxylation sites is 2. The molecule has 1 unspecified atom stereocenters. The van der Waals surface area contributed by atoms with Crippen LogP contribution in [-0.2, 0) is 4.79 Å². The molecule has 1 aliphatic heterocycles. The summed E-state index contributed by atoms with van der Waals surface area (Å²) in [5, 5.41) is 5.67. The number of imide groups is 1. The Labute approximate surface area is 165 Å². The molecule has 0 saturated carbocycles. The number of thiazole rings is 1. The van der Waals surface area contributed by atoms with Crippen LogP contribution in [-0.4, -0.2) is 30.0 Å². The van der Waals surface area contributed by atoms with E-state index in [0.29, 0.717) is 0 Å². The van der Waals surface area contributed by atoms with E-state index in [1.807, 2.05) is 24.3 Å². The molecule has 4 rings (SSSR count). The van der Waals surface area contributed by atoms with Crippen molar-refractivity contribution in [2.75, 3.05) is 18.4 Å². The van der Waals surface area contributed by atoms with Crippen molar-refractivity contribution in [3.05, 3.63) is 59.4 Å². The molecular formula is C20H20FN4O2S+. The molecule has 3 amide bonds. The summed E-state index contributed by atoms with van der Waals surface area (Å²) >= 11 is 1.66. The maximum atomic E-state index is 13.6. The first-order valence-corrected chi connectivity index (χ1v) is 9.97. The highest BCUT2D eigenvalue weighted by Crippen LogP contribution is 2.28. The molecule has 1 saturated heterocycles. The Kier molecular flexibility index (Phi) is 5.31. The van der Waals surface area contributed by atoms with Crippen LogP contribution < -0.4 is 15.5 Å². The summed E-state index contributed by atoms with van der Waals surface area (Å²) < 4.78 is 14.7. The average molecular weight is 399 g/mol. The minimum Gasteiger partial charge on any atom is -0.319 e. The molecule has 1 aromatic heterocycles. The van der Waals surface area contributed by atoms with Crippen LogP contribution in [0.2, 0.25) is 0 Å². The molecule has 2 atom stereocenters. The van der Waals surface area contributed by atoms with Crippen LogP contribution in [0.3, 0.4) is 0 Å². The number of nitrogens with zero attached hydrogens (tertiary/aromatic N) is 1. The monoisotopic (exact) mass is 399 g/mol. The summed E-state index contributed by atoms with van der Waals surface area (Å²) in [6, 6.07) is 13.2. The Hall–Kier alpha value is -2.84. The van der Waals surface area contributed by atoms with Crippen molar-refractivity contribution < 1.29 is 18.9 Å². The highest BCUT2D eigenvalue weighted by Gasteiger charge is 2.34. The van der Waals surface area contributed by atoms with E-state index >= 15 is 0 Å². The second kappa shape index (κ2) is 8.04. The van der Waals surface area contributed by atoms with Crippen LogP contribution >= 0.6 is 11.3 Å². The summed E-state index contributed by atoms with van der Waals surface area (Å²) in [6.07, 6.45) is 1.97. The number of likely N-dealkylation sites (tertiary alicyclic amines) is 1. The average Bonchev–Trinajstić information content (AvgIpc) is 3.29. The number of urea groups is 1. The van der Waals surface area contributed by atoms with Crippen LogP contribution in [0.5, 0.6) is 0 Å². The van der Waals surface area contributed by atoms with E-state index in [1.54, 1.807) is 17.4 Å². The Morgan fingerprint density at radius 2 is 1.96 bits per heavy atom. The molecule has 2 aromatic carbocycles. The van der Waals surface area contributed by atoms with Crippen LogP contribution in [0, 0.1) is 5.82 Å². The second-order valence-corrected chi connectivity index (χ2v) is 7.84. The van der Waals surface area contributed by atoms with Crippen molar-refractivity contribution in [1.29, 1.82) is 0 Å². The number of hydrogen-bond acceptors (Lipinski definition) is 4. The van der Waals surface area contributed by atoms with Gasteiger partial charge in [0.05, 0.1) is 22.4 Å². The van der Waals surface area contributed by atoms with E-state index < -0.39 is 17.8 Å². The van der Waals surface area contributed by atoms with Crippen molar-refractivity contribution in [3.63, 3.8) is 0 Å². The zero-order chi connectivity index (χ0) is 19.5. The summed E-state index contributed by atoms with van der Waals surface area (Å²) in [5.74, 6) is -0.942. The van der Waals surface area contributed by atoms with E-state index in [4.69, 9.17) is 4.98 Å². The number of rotatable bonds is 4. The number of benzene rings is 2. The van der Waals surface area contributed by atoms with Crippen LogP contribution in [0.1, 0.15) is 23.9 Å². The standard InChI is InChI=1S/C20H19FN4O2S/c21-13-6-1-2-7-14(13)23-20(27)24-18(26)12-25-11-5-9-16(25)19-22-15-8-3-4-10-17(15)28-19/h1-4,6-8,10,16H,5,9,11-12H2,(H2,23,24,26,27)/p+1/t16-/m1/s1. The van der Waals surface area contributed by atoms with Crippen LogP contribution in [0.25, 0.3) is 10.2 Å². The lowest BCUT2D eigenvalue weighted by atomic mass is 10.2. The predicted molar refractivity (Wildman–Crippen MR) is 106 cm³/mol. The van der Waals surface area contributed by atoms with Gasteiger partial charge in [-0.15, -0.1) is 11.3 Å². The van der Waals surface area contributed by atoms with Gasteiger partial charge in [0.15, 0.2) is 11.6 Å². The molecule has 144 valence electrons. The quantitative estimate of drug-likeness (QED) is 0.631. The maximum absolute atomic E-state index is 13.6. The number of carbonyl (C=O) groups is 2. The van der Waals surface area contributed by atoms with Crippen molar-refractivity contribution in [1.82, 2.24) is 10.3 Å². The zero-order valence-corrected chi connectivity index (χ0v) is 15.9. The number of halogens is 1. The molecular weight excluding hydrogens is 379 g/mol. The summed E-state index contributed by atoms with van der Waals surface area (Å²) in [7, 11) is 0. The SMILES string of the molecule is O=C(C[NH+]1CCC[C@@H]1c1nc2ccccc2s1)NC(=O)Nc1ccccc1F. The topological polar surface area (TPSA) is 75.5 Å². The first-order chi connectivity index (χ1) is 13.6. The van der Waals surface area contributed by atoms with E-state index in [9.17, 15) is 14.0 Å². The minimum absolute atomic E-state index is 0.0358. The Morgan fingerprint density at radius 3 is 2.79 bits per heavy atom. The number of aromatic nitrogens is 1. The molecule has 1 fully saturated rings. The highest BCUT2D eigenvalue weighted by molar-refractivity contribution is 7.18. The molecule has 0 aliphatic carbocycles. The summed E-state index contributed by atoms with van der Waals surface area (Å²) in [5.41, 5.74) is 1.01. The fourth-order valence-corrected chi connectivity index (χ4v) is 4.71. The molecule has 0 radical (unpaired) electrons. The third-order valence-electron chi connectivity index (χ3n) is 4.85. The number of anilines is 1. The Bertz CT molecular complexity index is 989. The largest absolute Gasteiger partial charge is 0.326 e. The molecule has 6 nitrogen and oxygen atoms in total. The summed E-state index contributed by atoms with van der Waals surface area (Å²) in [4.78, 5) is 30.1. The number of carbonyl (C=O) groups excluding carboxylic acids is 2. The van der Waals surface area contributed by atoms with Gasteiger partial charge in [0.25, 0.3) is 5.91 Å². The van der Waals surface area contributed by atoms with Gasteiger partial charge in [-0.3, -0.25) is 10.1 Å². The first-order valence-electron chi connectivity index (χ1n) is 9.15. The second-order valence-electron chi connectivity index (χ2n) is 6.78. The Balaban J connectivity index is 1.38. The maximum Gasteiger partial charge on any atom is 0.326 e. The van der Waals surface area contributed by atoms with Crippen LogP contribution in [0.15, 0.2) is 48.5 Å². The zero-order valence-electron chi connectivity index (χ0n) is 15.1. The van der Waals surface area contributed by atoms with Gasteiger partial charge in [0.1, 0.15) is 11.9 Å². The normalized spacial score (nSPS) is 18.9. The van der Waals surface area contributed by atoms with Gasteiger partial charge >= 0.3 is 6.03 Å². The fraction of sp³-hybridized carbons (Fsp3) is 0.250. The number of nitrogens with one attached hydrogen (secondary N) is 3.